The molecule has 35 heavy (non-hydrogen) atoms. The highest BCUT2D eigenvalue weighted by atomic mass is 79.9. The number of hydrogen-bond acceptors (Lipinski definition) is 3. The predicted octanol–water partition coefficient (Wildman–Crippen LogP) is 4.95. The van der Waals surface area contributed by atoms with E-state index < -0.39 is 23.8 Å². The lowest BCUT2D eigenvalue weighted by atomic mass is 9.89. The van der Waals surface area contributed by atoms with Crippen molar-refractivity contribution in [3.05, 3.63) is 92.3 Å². The van der Waals surface area contributed by atoms with Crippen LogP contribution in [0, 0.1) is 11.6 Å². The molecule has 2 aliphatic heterocycles. The Kier molecular flexibility index (Phi) is 6.84. The lowest BCUT2D eigenvalue weighted by Crippen LogP contribution is -2.51. The van der Waals surface area contributed by atoms with Crippen LogP contribution in [-0.2, 0) is 22.4 Å². The Balaban J connectivity index is 1.52. The average molecular weight is 543 g/mol. The molecule has 1 saturated heterocycles. The number of ether oxygens (including phenoxy) is 1. The van der Waals surface area contributed by atoms with Crippen molar-refractivity contribution in [2.24, 2.45) is 0 Å². The molecule has 5 nitrogen and oxygen atoms in total. The fourth-order valence-electron chi connectivity index (χ4n) is 5.11. The van der Waals surface area contributed by atoms with Gasteiger partial charge < -0.3 is 14.6 Å². The van der Waals surface area contributed by atoms with Gasteiger partial charge in [-0.05, 0) is 83.4 Å². The molecule has 2 aliphatic rings. The largest absolute Gasteiger partial charge is 0.368 e. The number of benzene rings is 2. The zero-order valence-electron chi connectivity index (χ0n) is 19.0. The van der Waals surface area contributed by atoms with Gasteiger partial charge in [0.25, 0.3) is 5.56 Å². The summed E-state index contributed by atoms with van der Waals surface area (Å²) in [6.45, 7) is 0.555. The fraction of sp³-hybridized carbons (Fsp3) is 0.333. The quantitative estimate of drug-likeness (QED) is 0.496. The van der Waals surface area contributed by atoms with Crippen LogP contribution in [0.4, 0.5) is 8.78 Å². The van der Waals surface area contributed by atoms with Crippen LogP contribution >= 0.6 is 15.9 Å². The van der Waals surface area contributed by atoms with E-state index in [0.29, 0.717) is 47.0 Å². The van der Waals surface area contributed by atoms with E-state index >= 15 is 4.39 Å². The number of aryl methyl sites for hydroxylation is 1. The Labute approximate surface area is 210 Å². The van der Waals surface area contributed by atoms with Gasteiger partial charge in [-0.15, -0.1) is 0 Å². The van der Waals surface area contributed by atoms with Crippen molar-refractivity contribution in [3.63, 3.8) is 0 Å². The molecule has 3 atom stereocenters. The van der Waals surface area contributed by atoms with Gasteiger partial charge in [0, 0.05) is 17.9 Å². The number of rotatable bonds is 5. The highest BCUT2D eigenvalue weighted by molar-refractivity contribution is 9.10. The van der Waals surface area contributed by atoms with Crippen LogP contribution in [0.5, 0.6) is 0 Å². The van der Waals surface area contributed by atoms with Gasteiger partial charge >= 0.3 is 0 Å². The van der Waals surface area contributed by atoms with E-state index in [1.54, 1.807) is 41.0 Å². The second kappa shape index (κ2) is 10.0. The molecule has 0 saturated carbocycles. The monoisotopic (exact) mass is 542 g/mol. The summed E-state index contributed by atoms with van der Waals surface area (Å²) in [5.41, 5.74) is 1.75. The van der Waals surface area contributed by atoms with Crippen molar-refractivity contribution < 1.29 is 18.3 Å². The lowest BCUT2D eigenvalue weighted by Gasteiger charge is -2.36. The van der Waals surface area contributed by atoms with Crippen molar-refractivity contribution >= 4 is 21.8 Å². The molecular weight excluding hydrogens is 518 g/mol. The van der Waals surface area contributed by atoms with E-state index in [2.05, 4.69) is 21.2 Å². The summed E-state index contributed by atoms with van der Waals surface area (Å²) in [5, 5.41) is 3.08. The van der Waals surface area contributed by atoms with E-state index in [-0.39, 0.29) is 23.9 Å². The fourth-order valence-corrected chi connectivity index (χ4v) is 5.44. The molecule has 3 aromatic rings. The number of amides is 1. The molecule has 0 aliphatic carbocycles. The first-order valence-corrected chi connectivity index (χ1v) is 12.6. The number of halogens is 3. The minimum absolute atomic E-state index is 0.189. The third kappa shape index (κ3) is 4.82. The van der Waals surface area contributed by atoms with Crippen LogP contribution in [0.15, 0.2) is 63.9 Å². The Morgan fingerprint density at radius 3 is 2.71 bits per heavy atom. The third-order valence-electron chi connectivity index (χ3n) is 6.86. The highest BCUT2D eigenvalue weighted by Crippen LogP contribution is 2.32. The maximum absolute atomic E-state index is 15.7. The minimum Gasteiger partial charge on any atom is -0.368 e. The molecule has 1 aromatic heterocycles. The second-order valence-corrected chi connectivity index (χ2v) is 9.92. The van der Waals surface area contributed by atoms with E-state index in [1.165, 1.54) is 12.1 Å². The van der Waals surface area contributed by atoms with Gasteiger partial charge in [0.2, 0.25) is 5.91 Å². The van der Waals surface area contributed by atoms with Crippen LogP contribution in [0.25, 0.3) is 11.1 Å². The number of fused-ring (bicyclic) bond motifs is 1. The van der Waals surface area contributed by atoms with Crippen molar-refractivity contribution in [1.82, 2.24) is 9.88 Å². The maximum atomic E-state index is 15.7. The zero-order chi connectivity index (χ0) is 24.5. The summed E-state index contributed by atoms with van der Waals surface area (Å²) in [4.78, 5) is 26.0. The van der Waals surface area contributed by atoms with Crippen LogP contribution in [0.1, 0.15) is 36.6 Å². The first kappa shape index (κ1) is 23.9. The Bertz CT molecular complexity index is 1320. The molecular formula is C27H25BrF2N2O3. The average Bonchev–Trinajstić information content (AvgIpc) is 3.39. The molecule has 1 fully saturated rings. The number of carbonyl (C=O) groups excluding carboxylic acids is 1. The van der Waals surface area contributed by atoms with E-state index in [9.17, 15) is 14.0 Å². The molecule has 8 heteroatoms. The molecule has 0 spiro atoms. The Morgan fingerprint density at radius 1 is 1.11 bits per heavy atom. The number of nitrogens with zero attached hydrogens (tertiary/aromatic N) is 1. The first-order chi connectivity index (χ1) is 16.9. The summed E-state index contributed by atoms with van der Waals surface area (Å²) in [7, 11) is 0. The predicted molar refractivity (Wildman–Crippen MR) is 132 cm³/mol. The molecule has 5 rings (SSSR count). The molecule has 182 valence electrons. The lowest BCUT2D eigenvalue weighted by molar-refractivity contribution is -0.131. The molecule has 0 radical (unpaired) electrons. The highest BCUT2D eigenvalue weighted by Gasteiger charge is 2.35. The molecule has 2 unspecified atom stereocenters. The van der Waals surface area contributed by atoms with E-state index in [1.807, 2.05) is 6.07 Å². The van der Waals surface area contributed by atoms with Crippen molar-refractivity contribution in [1.29, 1.82) is 0 Å². The van der Waals surface area contributed by atoms with Gasteiger partial charge in [-0.1, -0.05) is 30.3 Å². The summed E-state index contributed by atoms with van der Waals surface area (Å²) in [5.74, 6) is -1.10. The van der Waals surface area contributed by atoms with Crippen molar-refractivity contribution in [2.45, 2.75) is 50.3 Å². The summed E-state index contributed by atoms with van der Waals surface area (Å²) >= 11 is 3.33. The number of aromatic nitrogens is 1. The summed E-state index contributed by atoms with van der Waals surface area (Å²) < 4.78 is 37.1. The summed E-state index contributed by atoms with van der Waals surface area (Å²) in [6.07, 6.45) is 2.42. The van der Waals surface area contributed by atoms with Gasteiger partial charge in [-0.3, -0.25) is 9.59 Å². The number of hydrogen-bond donors (Lipinski definition) is 1. The SMILES string of the molecule is O=C(NC1CCc2ccc(Br)c(=O)n2C1Cc1cccc(-c2cccc(F)c2)c1F)[C@@H]1CCCO1. The third-order valence-corrected chi connectivity index (χ3v) is 7.46. The number of nitrogens with one attached hydrogen (secondary N) is 1. The normalized spacial score (nSPS) is 21.5. The first-order valence-electron chi connectivity index (χ1n) is 11.8. The minimum atomic E-state index is -0.496. The zero-order valence-corrected chi connectivity index (χ0v) is 20.6. The van der Waals surface area contributed by atoms with Gasteiger partial charge in [0.15, 0.2) is 0 Å². The van der Waals surface area contributed by atoms with E-state index in [0.717, 1.165) is 12.1 Å². The molecule has 2 aromatic carbocycles. The summed E-state index contributed by atoms with van der Waals surface area (Å²) in [6, 6.07) is 13.6. The number of pyridine rings is 1. The van der Waals surface area contributed by atoms with Gasteiger partial charge in [-0.2, -0.15) is 0 Å². The second-order valence-electron chi connectivity index (χ2n) is 9.06. The van der Waals surface area contributed by atoms with Crippen LogP contribution in [-0.4, -0.2) is 29.2 Å². The van der Waals surface area contributed by atoms with Gasteiger partial charge in [-0.25, -0.2) is 8.78 Å². The molecule has 1 amide bonds. The van der Waals surface area contributed by atoms with E-state index in [4.69, 9.17) is 4.74 Å². The number of carbonyl (C=O) groups is 1. The van der Waals surface area contributed by atoms with Crippen LogP contribution in [0.3, 0.4) is 0 Å². The molecule has 0 bridgehead atoms. The Morgan fingerprint density at radius 2 is 1.94 bits per heavy atom. The molecule has 1 N–H and O–H groups in total. The topological polar surface area (TPSA) is 60.3 Å². The van der Waals surface area contributed by atoms with Crippen molar-refractivity contribution in [2.75, 3.05) is 6.61 Å². The molecule has 3 heterocycles. The van der Waals surface area contributed by atoms with Crippen LogP contribution < -0.4 is 10.9 Å². The van der Waals surface area contributed by atoms with Crippen molar-refractivity contribution in [3.8, 4) is 11.1 Å². The maximum Gasteiger partial charge on any atom is 0.265 e. The van der Waals surface area contributed by atoms with Gasteiger partial charge in [0.1, 0.15) is 17.7 Å². The Hall–Kier alpha value is -2.84. The van der Waals surface area contributed by atoms with Gasteiger partial charge in [0.05, 0.1) is 16.6 Å². The standard InChI is InChI=1S/C27H25BrF2N2O3/c28-21-11-9-19-10-12-22(31-26(33)24-8-3-13-35-24)23(32(19)27(21)34)15-17-5-2-7-20(25(17)30)16-4-1-6-18(29)14-16/h1-2,4-7,9,11,14,22-24H,3,8,10,12-13,15H2,(H,31,33)/t22?,23?,24-/m0/s1. The van der Waals surface area contributed by atoms with Crippen LogP contribution in [0.2, 0.25) is 0 Å². The smallest absolute Gasteiger partial charge is 0.265 e.